The minimum Gasteiger partial charge on any atom is -0.494 e. The first-order chi connectivity index (χ1) is 16.9. The molecule has 0 bridgehead atoms. The monoisotopic (exact) mass is 574 g/mol. The van der Waals surface area contributed by atoms with E-state index >= 15 is 0 Å². The van der Waals surface area contributed by atoms with Gasteiger partial charge in [0.2, 0.25) is 0 Å². The largest absolute Gasteiger partial charge is 0.494 e. The standard InChI is InChI=1S/C26H21BrCl2N2O4/c1-3-34-19-9-7-18(8-10-19)31-26(32)17(14-30)11-16-12-21(27)25(24(13-16)33-2)35-15-20-22(28)5-4-6-23(20)29/h4-13H,3,15H2,1-2H3,(H,31,32)/b17-11-. The van der Waals surface area contributed by atoms with Gasteiger partial charge < -0.3 is 19.5 Å². The molecule has 0 heterocycles. The van der Waals surface area contributed by atoms with Crippen molar-refractivity contribution in [2.24, 2.45) is 0 Å². The minimum atomic E-state index is -0.541. The molecule has 3 aromatic carbocycles. The Morgan fingerprint density at radius 1 is 1.11 bits per heavy atom. The Morgan fingerprint density at radius 2 is 1.80 bits per heavy atom. The Labute approximate surface area is 222 Å². The average molecular weight is 576 g/mol. The van der Waals surface area contributed by atoms with E-state index in [-0.39, 0.29) is 12.2 Å². The van der Waals surface area contributed by atoms with E-state index in [1.807, 2.05) is 13.0 Å². The second-order valence-electron chi connectivity index (χ2n) is 7.10. The van der Waals surface area contributed by atoms with Gasteiger partial charge in [-0.25, -0.2) is 0 Å². The number of nitrogens with one attached hydrogen (secondary N) is 1. The van der Waals surface area contributed by atoms with Crippen LogP contribution in [0.3, 0.4) is 0 Å². The lowest BCUT2D eigenvalue weighted by Crippen LogP contribution is -2.13. The number of halogens is 3. The van der Waals surface area contributed by atoms with Crippen LogP contribution in [0, 0.1) is 11.3 Å². The van der Waals surface area contributed by atoms with E-state index in [2.05, 4.69) is 21.2 Å². The molecule has 0 atom stereocenters. The van der Waals surface area contributed by atoms with E-state index in [0.29, 0.717) is 55.2 Å². The number of hydrogen-bond donors (Lipinski definition) is 1. The topological polar surface area (TPSA) is 80.6 Å². The summed E-state index contributed by atoms with van der Waals surface area (Å²) in [6.07, 6.45) is 1.46. The smallest absolute Gasteiger partial charge is 0.266 e. The molecule has 3 aromatic rings. The molecule has 0 unspecified atom stereocenters. The molecule has 0 fully saturated rings. The van der Waals surface area contributed by atoms with Crippen molar-refractivity contribution in [2.45, 2.75) is 13.5 Å². The van der Waals surface area contributed by atoms with Gasteiger partial charge in [0.15, 0.2) is 11.5 Å². The highest BCUT2D eigenvalue weighted by Crippen LogP contribution is 2.38. The molecular weight excluding hydrogens is 555 g/mol. The Bertz CT molecular complexity index is 1270. The van der Waals surface area contributed by atoms with Crippen LogP contribution in [0.5, 0.6) is 17.2 Å². The summed E-state index contributed by atoms with van der Waals surface area (Å²) in [4.78, 5) is 12.7. The fourth-order valence-electron chi connectivity index (χ4n) is 3.09. The molecule has 180 valence electrons. The summed E-state index contributed by atoms with van der Waals surface area (Å²) in [7, 11) is 1.49. The first-order valence-electron chi connectivity index (χ1n) is 10.5. The maximum Gasteiger partial charge on any atom is 0.266 e. The van der Waals surface area contributed by atoms with E-state index in [1.165, 1.54) is 13.2 Å². The van der Waals surface area contributed by atoms with Crippen LogP contribution in [0.2, 0.25) is 10.0 Å². The van der Waals surface area contributed by atoms with Gasteiger partial charge >= 0.3 is 0 Å². The molecular formula is C26H21BrCl2N2O4. The number of rotatable bonds is 9. The number of methoxy groups -OCH3 is 1. The molecule has 0 saturated heterocycles. The predicted molar refractivity (Wildman–Crippen MR) is 141 cm³/mol. The van der Waals surface area contributed by atoms with Gasteiger partial charge in [0, 0.05) is 21.3 Å². The van der Waals surface area contributed by atoms with Crippen LogP contribution in [0.4, 0.5) is 5.69 Å². The molecule has 35 heavy (non-hydrogen) atoms. The summed E-state index contributed by atoms with van der Waals surface area (Å²) in [5.74, 6) is 0.981. The average Bonchev–Trinajstić information content (AvgIpc) is 2.84. The summed E-state index contributed by atoms with van der Waals surface area (Å²) >= 11 is 15.9. The van der Waals surface area contributed by atoms with E-state index in [4.69, 9.17) is 37.4 Å². The van der Waals surface area contributed by atoms with Gasteiger partial charge in [0.05, 0.1) is 18.2 Å². The molecule has 0 spiro atoms. The Kier molecular flexibility index (Phi) is 9.44. The van der Waals surface area contributed by atoms with E-state index in [9.17, 15) is 10.1 Å². The number of anilines is 1. The molecule has 0 radical (unpaired) electrons. The van der Waals surface area contributed by atoms with Crippen molar-refractivity contribution in [3.8, 4) is 23.3 Å². The van der Waals surface area contributed by atoms with Crippen LogP contribution in [0.25, 0.3) is 6.08 Å². The maximum absolute atomic E-state index is 12.7. The number of carbonyl (C=O) groups is 1. The predicted octanol–water partition coefficient (Wildman–Crippen LogP) is 7.29. The first-order valence-corrected chi connectivity index (χ1v) is 12.0. The molecule has 0 aliphatic heterocycles. The second kappa shape index (κ2) is 12.5. The molecule has 3 rings (SSSR count). The van der Waals surface area contributed by atoms with Crippen molar-refractivity contribution in [1.29, 1.82) is 5.26 Å². The van der Waals surface area contributed by atoms with Gasteiger partial charge in [-0.05, 0) is 83.0 Å². The van der Waals surface area contributed by atoms with E-state index in [0.717, 1.165) is 0 Å². The zero-order valence-electron chi connectivity index (χ0n) is 18.9. The maximum atomic E-state index is 12.7. The number of hydrogen-bond acceptors (Lipinski definition) is 5. The number of nitrogens with zero attached hydrogens (tertiary/aromatic N) is 1. The number of amides is 1. The fraction of sp³-hybridized carbons (Fsp3) is 0.154. The van der Waals surface area contributed by atoms with Crippen molar-refractivity contribution in [1.82, 2.24) is 0 Å². The van der Waals surface area contributed by atoms with Crippen molar-refractivity contribution in [2.75, 3.05) is 19.0 Å². The van der Waals surface area contributed by atoms with Crippen molar-refractivity contribution in [3.05, 3.63) is 85.8 Å². The van der Waals surface area contributed by atoms with Crippen molar-refractivity contribution >= 4 is 56.8 Å². The number of ether oxygens (including phenoxy) is 3. The lowest BCUT2D eigenvalue weighted by Gasteiger charge is -2.15. The summed E-state index contributed by atoms with van der Waals surface area (Å²) < 4.78 is 17.4. The lowest BCUT2D eigenvalue weighted by atomic mass is 10.1. The highest BCUT2D eigenvalue weighted by atomic mass is 79.9. The molecule has 1 N–H and O–H groups in total. The normalized spacial score (nSPS) is 10.9. The zero-order valence-corrected chi connectivity index (χ0v) is 22.0. The van der Waals surface area contributed by atoms with Crippen LogP contribution in [0.15, 0.2) is 64.6 Å². The molecule has 0 aliphatic carbocycles. The molecule has 0 saturated carbocycles. The van der Waals surface area contributed by atoms with Gasteiger partial charge in [-0.1, -0.05) is 29.3 Å². The Morgan fingerprint density at radius 3 is 2.40 bits per heavy atom. The minimum absolute atomic E-state index is 0.0793. The molecule has 9 heteroatoms. The first kappa shape index (κ1) is 26.4. The van der Waals surface area contributed by atoms with Crippen molar-refractivity contribution in [3.63, 3.8) is 0 Å². The molecule has 6 nitrogen and oxygen atoms in total. The van der Waals surface area contributed by atoms with Crippen LogP contribution in [0.1, 0.15) is 18.1 Å². The number of benzene rings is 3. The summed E-state index contributed by atoms with van der Waals surface area (Å²) in [5, 5.41) is 13.3. The van der Waals surface area contributed by atoms with Gasteiger partial charge in [-0.15, -0.1) is 0 Å². The van der Waals surface area contributed by atoms with Gasteiger partial charge in [0.25, 0.3) is 5.91 Å². The van der Waals surface area contributed by atoms with Gasteiger partial charge in [-0.2, -0.15) is 5.26 Å². The van der Waals surface area contributed by atoms with E-state index in [1.54, 1.807) is 54.6 Å². The van der Waals surface area contributed by atoms with Gasteiger partial charge in [0.1, 0.15) is 24.0 Å². The second-order valence-corrected chi connectivity index (χ2v) is 8.77. The Balaban J connectivity index is 1.80. The third kappa shape index (κ3) is 6.92. The summed E-state index contributed by atoms with van der Waals surface area (Å²) in [6.45, 7) is 2.56. The Hall–Kier alpha value is -3.18. The molecule has 0 aromatic heterocycles. The lowest BCUT2D eigenvalue weighted by molar-refractivity contribution is -0.112. The zero-order chi connectivity index (χ0) is 25.4. The quantitative estimate of drug-likeness (QED) is 0.214. The van der Waals surface area contributed by atoms with Crippen LogP contribution in [-0.2, 0) is 11.4 Å². The third-order valence-electron chi connectivity index (χ3n) is 4.77. The highest BCUT2D eigenvalue weighted by Gasteiger charge is 2.16. The van der Waals surface area contributed by atoms with Crippen molar-refractivity contribution < 1.29 is 19.0 Å². The van der Waals surface area contributed by atoms with E-state index < -0.39 is 5.91 Å². The summed E-state index contributed by atoms with van der Waals surface area (Å²) in [6, 6.07) is 17.4. The fourth-order valence-corrected chi connectivity index (χ4v) is 4.17. The summed E-state index contributed by atoms with van der Waals surface area (Å²) in [5.41, 5.74) is 1.67. The molecule has 1 amide bonds. The third-order valence-corrected chi connectivity index (χ3v) is 6.07. The van der Waals surface area contributed by atoms with Gasteiger partial charge in [-0.3, -0.25) is 4.79 Å². The number of carbonyl (C=O) groups excluding carboxylic acids is 1. The SMILES string of the molecule is CCOc1ccc(NC(=O)/C(C#N)=C\c2cc(Br)c(OCc3c(Cl)cccc3Cl)c(OC)c2)cc1. The number of nitriles is 1. The van der Waals surface area contributed by atoms with Crippen LogP contribution < -0.4 is 19.5 Å². The van der Waals surface area contributed by atoms with Crippen LogP contribution in [-0.4, -0.2) is 19.6 Å². The highest BCUT2D eigenvalue weighted by molar-refractivity contribution is 9.10. The molecule has 0 aliphatic rings. The van der Waals surface area contributed by atoms with Crippen LogP contribution >= 0.6 is 39.1 Å².